The maximum Gasteiger partial charge on any atom is 0.346 e. The van der Waals surface area contributed by atoms with Gasteiger partial charge in [0, 0.05) is 28.3 Å². The summed E-state index contributed by atoms with van der Waals surface area (Å²) in [5.74, 6) is -0.661. The summed E-state index contributed by atoms with van der Waals surface area (Å²) in [5, 5.41) is 12.8. The molecule has 2 N–H and O–H groups in total. The second-order valence-electron chi connectivity index (χ2n) is 7.23. The SMILES string of the molecule is CC(C)Oc1ccccc1[C@@H]1CC(=O)Nc2c1sc(C(=O)O)c2-c1ccccc1. The number of nitrogens with one attached hydrogen (secondary N) is 1. The van der Waals surface area contributed by atoms with Gasteiger partial charge >= 0.3 is 5.97 Å². The minimum atomic E-state index is -0.997. The van der Waals surface area contributed by atoms with Gasteiger partial charge in [0.15, 0.2) is 0 Å². The molecule has 2 heterocycles. The van der Waals surface area contributed by atoms with E-state index in [1.54, 1.807) is 0 Å². The van der Waals surface area contributed by atoms with Crippen LogP contribution in [0.5, 0.6) is 5.75 Å². The molecule has 0 spiro atoms. The zero-order valence-corrected chi connectivity index (χ0v) is 17.0. The lowest BCUT2D eigenvalue weighted by Crippen LogP contribution is -2.23. The molecule has 0 fully saturated rings. The second kappa shape index (κ2) is 7.72. The Kier molecular flexibility index (Phi) is 5.11. The van der Waals surface area contributed by atoms with Crippen molar-refractivity contribution in [3.63, 3.8) is 0 Å². The largest absolute Gasteiger partial charge is 0.491 e. The average Bonchev–Trinajstić information content (AvgIpc) is 3.07. The first-order valence-electron chi connectivity index (χ1n) is 9.46. The summed E-state index contributed by atoms with van der Waals surface area (Å²) in [7, 11) is 0. The predicted octanol–water partition coefficient (Wildman–Crippen LogP) is 5.37. The van der Waals surface area contributed by atoms with E-state index in [9.17, 15) is 14.7 Å². The molecule has 0 saturated carbocycles. The van der Waals surface area contributed by atoms with Crippen molar-refractivity contribution in [3.8, 4) is 16.9 Å². The third kappa shape index (κ3) is 3.63. The first-order chi connectivity index (χ1) is 14.0. The molecule has 4 rings (SSSR count). The van der Waals surface area contributed by atoms with Crippen LogP contribution in [0.1, 0.15) is 46.3 Å². The third-order valence-corrected chi connectivity index (χ3v) is 6.11. The van der Waals surface area contributed by atoms with Crippen LogP contribution in [0.2, 0.25) is 0 Å². The van der Waals surface area contributed by atoms with Crippen molar-refractivity contribution in [1.82, 2.24) is 0 Å². The normalized spacial score (nSPS) is 15.7. The van der Waals surface area contributed by atoms with Gasteiger partial charge in [0.25, 0.3) is 0 Å². The van der Waals surface area contributed by atoms with Crippen molar-refractivity contribution in [2.24, 2.45) is 0 Å². The minimum Gasteiger partial charge on any atom is -0.491 e. The van der Waals surface area contributed by atoms with E-state index in [1.165, 1.54) is 11.3 Å². The maximum absolute atomic E-state index is 12.6. The number of fused-ring (bicyclic) bond motifs is 1. The van der Waals surface area contributed by atoms with Crippen LogP contribution in [0.25, 0.3) is 11.1 Å². The van der Waals surface area contributed by atoms with Crippen LogP contribution in [0.15, 0.2) is 54.6 Å². The Morgan fingerprint density at radius 1 is 1.14 bits per heavy atom. The van der Waals surface area contributed by atoms with Gasteiger partial charge in [-0.1, -0.05) is 48.5 Å². The van der Waals surface area contributed by atoms with E-state index in [4.69, 9.17) is 4.74 Å². The van der Waals surface area contributed by atoms with Gasteiger partial charge in [-0.05, 0) is 25.5 Å². The van der Waals surface area contributed by atoms with E-state index in [2.05, 4.69) is 5.32 Å². The van der Waals surface area contributed by atoms with E-state index in [0.717, 1.165) is 21.8 Å². The Balaban J connectivity index is 1.92. The molecule has 6 heteroatoms. The molecule has 5 nitrogen and oxygen atoms in total. The summed E-state index contributed by atoms with van der Waals surface area (Å²) in [6, 6.07) is 17.0. The van der Waals surface area contributed by atoms with Gasteiger partial charge in [0.2, 0.25) is 5.91 Å². The number of aromatic carboxylic acids is 1. The molecule has 1 aliphatic rings. The van der Waals surface area contributed by atoms with Crippen molar-refractivity contribution in [2.75, 3.05) is 5.32 Å². The van der Waals surface area contributed by atoms with Crippen molar-refractivity contribution in [2.45, 2.75) is 32.3 Å². The van der Waals surface area contributed by atoms with Gasteiger partial charge in [-0.2, -0.15) is 0 Å². The Bertz CT molecular complexity index is 1070. The van der Waals surface area contributed by atoms with Crippen LogP contribution < -0.4 is 10.1 Å². The molecule has 0 radical (unpaired) electrons. The molecule has 1 atom stereocenters. The topological polar surface area (TPSA) is 75.6 Å². The fraction of sp³-hybridized carbons (Fsp3) is 0.217. The number of carbonyl (C=O) groups excluding carboxylic acids is 1. The van der Waals surface area contributed by atoms with Crippen LogP contribution in [-0.2, 0) is 4.79 Å². The molecule has 1 amide bonds. The van der Waals surface area contributed by atoms with Gasteiger partial charge in [-0.15, -0.1) is 11.3 Å². The number of rotatable bonds is 5. The lowest BCUT2D eigenvalue weighted by atomic mass is 9.88. The molecule has 148 valence electrons. The average molecular weight is 407 g/mol. The number of carboxylic acid groups (broad SMARTS) is 1. The Morgan fingerprint density at radius 2 is 1.83 bits per heavy atom. The molecular formula is C23H21NO4S. The summed E-state index contributed by atoms with van der Waals surface area (Å²) in [6.45, 7) is 3.91. The molecule has 1 aromatic heterocycles. The summed E-state index contributed by atoms with van der Waals surface area (Å²) in [6.07, 6.45) is 0.241. The van der Waals surface area contributed by atoms with Crippen molar-refractivity contribution in [3.05, 3.63) is 69.9 Å². The van der Waals surface area contributed by atoms with Crippen LogP contribution in [0.3, 0.4) is 0 Å². The first kappa shape index (κ1) is 19.2. The lowest BCUT2D eigenvalue weighted by Gasteiger charge is -2.26. The number of benzene rings is 2. The molecule has 0 saturated heterocycles. The fourth-order valence-electron chi connectivity index (χ4n) is 3.70. The number of amides is 1. The van der Waals surface area contributed by atoms with E-state index in [-0.39, 0.29) is 29.2 Å². The highest BCUT2D eigenvalue weighted by atomic mass is 32.1. The first-order valence-corrected chi connectivity index (χ1v) is 10.3. The minimum absolute atomic E-state index is 0.00849. The monoisotopic (exact) mass is 407 g/mol. The standard InChI is InChI=1S/C23H21NO4S/c1-13(2)28-17-11-7-6-10-15(17)16-12-18(25)24-20-19(14-8-4-3-5-9-14)22(23(26)27)29-21(16)20/h3-11,13,16H,12H2,1-2H3,(H,24,25)(H,26,27)/t16-/m0/s1. The van der Waals surface area contributed by atoms with Gasteiger partial charge < -0.3 is 15.2 Å². The van der Waals surface area contributed by atoms with Gasteiger partial charge in [0.1, 0.15) is 10.6 Å². The zero-order valence-electron chi connectivity index (χ0n) is 16.1. The predicted molar refractivity (Wildman–Crippen MR) is 114 cm³/mol. The van der Waals surface area contributed by atoms with E-state index in [1.807, 2.05) is 68.4 Å². The Labute approximate surface area is 173 Å². The highest BCUT2D eigenvalue weighted by Crippen LogP contribution is 2.50. The van der Waals surface area contributed by atoms with Crippen LogP contribution in [-0.4, -0.2) is 23.1 Å². The number of hydrogen-bond acceptors (Lipinski definition) is 4. The zero-order chi connectivity index (χ0) is 20.5. The molecule has 3 aromatic rings. The van der Waals surface area contributed by atoms with Crippen LogP contribution in [0.4, 0.5) is 5.69 Å². The third-order valence-electron chi connectivity index (χ3n) is 4.82. The van der Waals surface area contributed by atoms with Gasteiger partial charge in [-0.3, -0.25) is 4.79 Å². The molecular weight excluding hydrogens is 386 g/mol. The number of para-hydroxylation sites is 1. The molecule has 0 aliphatic carbocycles. The molecule has 29 heavy (non-hydrogen) atoms. The van der Waals surface area contributed by atoms with E-state index < -0.39 is 5.97 Å². The van der Waals surface area contributed by atoms with Crippen molar-refractivity contribution >= 4 is 28.9 Å². The smallest absolute Gasteiger partial charge is 0.346 e. The summed E-state index contributed by atoms with van der Waals surface area (Å²) in [5.41, 5.74) is 2.84. The highest BCUT2D eigenvalue weighted by Gasteiger charge is 2.35. The number of carbonyl (C=O) groups is 2. The molecule has 0 unspecified atom stereocenters. The number of ether oxygens (including phenoxy) is 1. The van der Waals surface area contributed by atoms with Crippen molar-refractivity contribution < 1.29 is 19.4 Å². The molecule has 0 bridgehead atoms. The maximum atomic E-state index is 12.6. The van der Waals surface area contributed by atoms with Crippen molar-refractivity contribution in [1.29, 1.82) is 0 Å². The van der Waals surface area contributed by atoms with E-state index >= 15 is 0 Å². The number of thiophene rings is 1. The summed E-state index contributed by atoms with van der Waals surface area (Å²) < 4.78 is 5.97. The van der Waals surface area contributed by atoms with Crippen LogP contribution >= 0.6 is 11.3 Å². The fourth-order valence-corrected chi connectivity index (χ4v) is 4.94. The van der Waals surface area contributed by atoms with Crippen LogP contribution in [0, 0.1) is 0 Å². The molecule has 2 aromatic carbocycles. The lowest BCUT2D eigenvalue weighted by molar-refractivity contribution is -0.116. The summed E-state index contributed by atoms with van der Waals surface area (Å²) in [4.78, 5) is 25.7. The Morgan fingerprint density at radius 3 is 2.52 bits per heavy atom. The quantitative estimate of drug-likeness (QED) is 0.596. The summed E-state index contributed by atoms with van der Waals surface area (Å²) >= 11 is 1.23. The number of carboxylic acids is 1. The highest BCUT2D eigenvalue weighted by molar-refractivity contribution is 7.15. The van der Waals surface area contributed by atoms with E-state index in [0.29, 0.717) is 11.3 Å². The van der Waals surface area contributed by atoms with Gasteiger partial charge in [0.05, 0.1) is 11.8 Å². The number of anilines is 1. The number of hydrogen-bond donors (Lipinski definition) is 2. The Hall–Kier alpha value is -3.12. The molecule has 1 aliphatic heterocycles. The van der Waals surface area contributed by atoms with Gasteiger partial charge in [-0.25, -0.2) is 4.79 Å². The second-order valence-corrected chi connectivity index (χ2v) is 8.28.